The number of aliphatic imine (C=N–C) groups is 1. The molecule has 4 aromatic carbocycles. The number of benzene rings is 4. The van der Waals surface area contributed by atoms with Gasteiger partial charge in [0.15, 0.2) is 11.6 Å². The van der Waals surface area contributed by atoms with Crippen LogP contribution in [0.25, 0.3) is 20.9 Å². The first kappa shape index (κ1) is 33.8. The number of halogens is 1. The zero-order chi connectivity index (χ0) is 33.8. The maximum Gasteiger partial charge on any atom is 0.266 e. The molecule has 244 valence electrons. The number of amides is 1. The van der Waals surface area contributed by atoms with Crippen LogP contribution in [0.5, 0.6) is 5.75 Å². The third-order valence-corrected chi connectivity index (χ3v) is 7.89. The number of nitrogens with zero attached hydrogens (tertiary/aromatic N) is 7. The lowest BCUT2D eigenvalue weighted by molar-refractivity contribution is -0.130. The van der Waals surface area contributed by atoms with Crippen LogP contribution in [0.15, 0.2) is 112 Å². The molecule has 1 aliphatic rings. The largest absolute Gasteiger partial charge is 0.494 e. The van der Waals surface area contributed by atoms with E-state index < -0.39 is 17.6 Å². The normalized spacial score (nSPS) is 16.5. The minimum atomic E-state index is -1.64. The van der Waals surface area contributed by atoms with E-state index in [9.17, 15) is 10.3 Å². The topological polar surface area (TPSA) is 190 Å². The van der Waals surface area contributed by atoms with Crippen molar-refractivity contribution in [2.45, 2.75) is 37.6 Å². The lowest BCUT2D eigenvalue weighted by Crippen LogP contribution is -2.53. The quantitative estimate of drug-likeness (QED) is 0.0398. The van der Waals surface area contributed by atoms with E-state index in [1.807, 2.05) is 30.3 Å². The van der Waals surface area contributed by atoms with Gasteiger partial charge in [-0.1, -0.05) is 82.5 Å². The molecule has 2 atom stereocenters. The van der Waals surface area contributed by atoms with Crippen LogP contribution in [-0.4, -0.2) is 35.7 Å². The lowest BCUT2D eigenvalue weighted by atomic mass is 9.80. The second kappa shape index (κ2) is 16.3. The lowest BCUT2D eigenvalue weighted by Gasteiger charge is -2.32. The number of carbonyl (C=O) groups is 1. The van der Waals surface area contributed by atoms with Crippen molar-refractivity contribution in [3.8, 4) is 5.75 Å². The number of hydrogen-bond donors (Lipinski definition) is 3. The van der Waals surface area contributed by atoms with Crippen LogP contribution in [0, 0.1) is 0 Å². The number of hydrazine groups is 1. The summed E-state index contributed by atoms with van der Waals surface area (Å²) in [5.74, 6) is 0.286. The van der Waals surface area contributed by atoms with Gasteiger partial charge in [0, 0.05) is 52.1 Å². The highest BCUT2D eigenvalue weighted by Crippen LogP contribution is 2.44. The smallest absolute Gasteiger partial charge is 0.266 e. The molecule has 0 spiro atoms. The molecule has 0 saturated heterocycles. The highest BCUT2D eigenvalue weighted by molar-refractivity contribution is 6.30. The van der Waals surface area contributed by atoms with Gasteiger partial charge < -0.3 is 14.6 Å². The molecule has 0 aliphatic carbocycles. The van der Waals surface area contributed by atoms with Gasteiger partial charge in [0.1, 0.15) is 5.75 Å². The first-order valence-corrected chi connectivity index (χ1v) is 15.4. The van der Waals surface area contributed by atoms with Crippen LogP contribution >= 0.6 is 11.6 Å². The van der Waals surface area contributed by atoms with E-state index in [4.69, 9.17) is 36.7 Å². The number of azide groups is 2. The molecule has 1 aliphatic heterocycles. The summed E-state index contributed by atoms with van der Waals surface area (Å²) in [6, 6.07) is 28.5. The molecule has 3 N–H and O–H groups in total. The maximum atomic E-state index is 14.6. The summed E-state index contributed by atoms with van der Waals surface area (Å²) < 4.78 is 12.3. The van der Waals surface area contributed by atoms with Crippen LogP contribution in [0.3, 0.4) is 0 Å². The van der Waals surface area contributed by atoms with Crippen molar-refractivity contribution < 1.29 is 19.4 Å². The fourth-order valence-electron chi connectivity index (χ4n) is 5.38. The van der Waals surface area contributed by atoms with E-state index in [1.165, 1.54) is 0 Å². The first-order valence-electron chi connectivity index (χ1n) is 15.1. The molecule has 0 bridgehead atoms. The zero-order valence-electron chi connectivity index (χ0n) is 25.7. The molecule has 1 amide bonds. The van der Waals surface area contributed by atoms with Crippen molar-refractivity contribution in [1.29, 1.82) is 0 Å². The second-order valence-electron chi connectivity index (χ2n) is 10.8. The summed E-state index contributed by atoms with van der Waals surface area (Å²) in [6.45, 7) is 0.659. The van der Waals surface area contributed by atoms with E-state index in [-0.39, 0.29) is 32.0 Å². The fourth-order valence-corrected chi connectivity index (χ4v) is 5.59. The van der Waals surface area contributed by atoms with E-state index in [0.717, 1.165) is 5.56 Å². The molecule has 48 heavy (non-hydrogen) atoms. The van der Waals surface area contributed by atoms with Crippen molar-refractivity contribution in [3.05, 3.63) is 151 Å². The fraction of sp³-hybridized carbons (Fsp3) is 0.235. The van der Waals surface area contributed by atoms with E-state index in [2.05, 4.69) is 30.9 Å². The summed E-state index contributed by atoms with van der Waals surface area (Å²) in [6.07, 6.45) is -0.515. The Morgan fingerprint density at radius 1 is 1.00 bits per heavy atom. The van der Waals surface area contributed by atoms with Gasteiger partial charge in [0.2, 0.25) is 5.90 Å². The van der Waals surface area contributed by atoms with Crippen LogP contribution in [0.4, 0.5) is 5.69 Å². The maximum absolute atomic E-state index is 14.6. The molecular weight excluding hydrogens is 634 g/mol. The number of nitrogens with one attached hydrogen (secondary N) is 2. The standard InChI is InChI=1S/C34H32ClN9O4/c35-27-10-5-7-23(19-27)21-38-42-33(46)34(20-25-8-2-4-12-30(25)41-44-37)31(29-11-3-1-9-26(29)22-39-43-36)48-32(40-34)24-13-15-28(16-14-24)47-18-6-17-45/h1-5,7-16,19,31,38,45H,6,17-18,20-22H2,(H,42,46)/t31-,34-/m0/s1. The highest BCUT2D eigenvalue weighted by atomic mass is 35.5. The van der Waals surface area contributed by atoms with E-state index in [0.29, 0.717) is 51.7 Å². The predicted molar refractivity (Wildman–Crippen MR) is 181 cm³/mol. The molecule has 5 rings (SSSR count). The average molecular weight is 666 g/mol. The number of ether oxygens (including phenoxy) is 2. The zero-order valence-corrected chi connectivity index (χ0v) is 26.5. The summed E-state index contributed by atoms with van der Waals surface area (Å²) >= 11 is 6.16. The monoisotopic (exact) mass is 665 g/mol. The molecule has 0 unspecified atom stereocenters. The molecule has 0 aromatic heterocycles. The number of carbonyl (C=O) groups excluding carboxylic acids is 1. The van der Waals surface area contributed by atoms with E-state index >= 15 is 0 Å². The van der Waals surface area contributed by atoms with Gasteiger partial charge >= 0.3 is 0 Å². The number of aliphatic hydroxyl groups is 1. The Morgan fingerprint density at radius 3 is 2.52 bits per heavy atom. The molecule has 0 radical (unpaired) electrons. The minimum Gasteiger partial charge on any atom is -0.494 e. The number of rotatable bonds is 15. The van der Waals surface area contributed by atoms with Gasteiger partial charge in [-0.25, -0.2) is 10.4 Å². The summed E-state index contributed by atoms with van der Waals surface area (Å²) in [4.78, 5) is 25.5. The van der Waals surface area contributed by atoms with Gasteiger partial charge in [0.05, 0.1) is 13.2 Å². The second-order valence-corrected chi connectivity index (χ2v) is 11.2. The Kier molecular flexibility index (Phi) is 11.5. The Morgan fingerprint density at radius 2 is 1.77 bits per heavy atom. The molecule has 14 heteroatoms. The molecular formula is C34H32ClN9O4. The Hall–Kier alpha value is -5.55. The first-order chi connectivity index (χ1) is 23.5. The van der Waals surface area contributed by atoms with Crippen LogP contribution in [-0.2, 0) is 29.0 Å². The average Bonchev–Trinajstić information content (AvgIpc) is 3.49. The third kappa shape index (κ3) is 8.05. The van der Waals surface area contributed by atoms with Crippen molar-refractivity contribution in [2.24, 2.45) is 15.2 Å². The van der Waals surface area contributed by atoms with Gasteiger partial charge in [-0.3, -0.25) is 10.2 Å². The van der Waals surface area contributed by atoms with Crippen molar-refractivity contribution >= 4 is 29.1 Å². The Bertz CT molecular complexity index is 1870. The highest BCUT2D eigenvalue weighted by Gasteiger charge is 2.54. The van der Waals surface area contributed by atoms with Crippen molar-refractivity contribution in [3.63, 3.8) is 0 Å². The molecule has 0 saturated carbocycles. The molecule has 13 nitrogen and oxygen atoms in total. The predicted octanol–water partition coefficient (Wildman–Crippen LogP) is 7.17. The summed E-state index contributed by atoms with van der Waals surface area (Å²) in [5, 5.41) is 17.3. The van der Waals surface area contributed by atoms with Crippen LogP contribution in [0.1, 0.15) is 40.3 Å². The Balaban J connectivity index is 1.61. The number of hydrogen-bond acceptors (Lipinski definition) is 8. The SMILES string of the molecule is [N-]=[N+]=NCc1ccccc1[C@@H]1OC(c2ccc(OCCCO)cc2)=N[C@]1(Cc1ccccc1N=[N+]=[N-])C(=O)NNCc1cccc(Cl)c1. The molecule has 0 fully saturated rings. The van der Waals surface area contributed by atoms with Gasteiger partial charge in [-0.2, -0.15) is 0 Å². The third-order valence-electron chi connectivity index (χ3n) is 7.66. The summed E-state index contributed by atoms with van der Waals surface area (Å²) in [5.41, 5.74) is 26.2. The van der Waals surface area contributed by atoms with Crippen LogP contribution in [0.2, 0.25) is 5.02 Å². The molecule has 4 aromatic rings. The van der Waals surface area contributed by atoms with Crippen molar-refractivity contribution in [2.75, 3.05) is 13.2 Å². The van der Waals surface area contributed by atoms with Gasteiger partial charge in [-0.05, 0) is 69.7 Å². The Labute approximate surface area is 281 Å². The van der Waals surface area contributed by atoms with Crippen molar-refractivity contribution in [1.82, 2.24) is 10.9 Å². The number of aliphatic hydroxyl groups excluding tert-OH is 1. The minimum absolute atomic E-state index is 0.0146. The van der Waals surface area contributed by atoms with E-state index in [1.54, 1.807) is 66.7 Å². The van der Waals surface area contributed by atoms with Gasteiger partial charge in [-0.15, -0.1) is 0 Å². The molecule has 1 heterocycles. The summed E-state index contributed by atoms with van der Waals surface area (Å²) in [7, 11) is 0. The van der Waals surface area contributed by atoms with Gasteiger partial charge in [0.25, 0.3) is 5.91 Å². The van der Waals surface area contributed by atoms with Crippen LogP contribution < -0.4 is 15.6 Å².